The maximum atomic E-state index is 12.4. The number of rotatable bonds is 5. The second kappa shape index (κ2) is 5.78. The van der Waals surface area contributed by atoms with Crippen molar-refractivity contribution in [3.63, 3.8) is 0 Å². The maximum Gasteiger partial charge on any atom is 0.140 e. The molecule has 0 atom stereocenters. The molecule has 2 nitrogen and oxygen atoms in total. The SMILES string of the molecule is NCC1(C(=O)CCc2cccs2)CCCCC1. The van der Waals surface area contributed by atoms with E-state index in [-0.39, 0.29) is 5.41 Å². The summed E-state index contributed by atoms with van der Waals surface area (Å²) in [7, 11) is 0. The van der Waals surface area contributed by atoms with Crippen LogP contribution >= 0.6 is 11.3 Å². The Morgan fingerprint density at radius 2 is 2.12 bits per heavy atom. The van der Waals surface area contributed by atoms with Crippen LogP contribution in [0.1, 0.15) is 43.4 Å². The van der Waals surface area contributed by atoms with Crippen molar-refractivity contribution in [2.75, 3.05) is 6.54 Å². The second-order valence-corrected chi connectivity index (χ2v) is 6.08. The monoisotopic (exact) mass is 251 g/mol. The third-order valence-corrected chi connectivity index (χ3v) is 4.91. The molecule has 0 bridgehead atoms. The Morgan fingerprint density at radius 1 is 1.35 bits per heavy atom. The predicted molar refractivity (Wildman–Crippen MR) is 72.2 cm³/mol. The summed E-state index contributed by atoms with van der Waals surface area (Å²) >= 11 is 1.73. The molecule has 94 valence electrons. The van der Waals surface area contributed by atoms with Crippen molar-refractivity contribution in [2.24, 2.45) is 11.1 Å². The van der Waals surface area contributed by atoms with Crippen LogP contribution in [-0.4, -0.2) is 12.3 Å². The first-order valence-corrected chi connectivity index (χ1v) is 7.40. The zero-order valence-corrected chi connectivity index (χ0v) is 11.1. The first-order chi connectivity index (χ1) is 8.27. The molecule has 1 aromatic heterocycles. The van der Waals surface area contributed by atoms with Gasteiger partial charge in [-0.1, -0.05) is 25.3 Å². The molecule has 0 unspecified atom stereocenters. The minimum Gasteiger partial charge on any atom is -0.329 e. The number of carbonyl (C=O) groups is 1. The summed E-state index contributed by atoms with van der Waals surface area (Å²) in [5.41, 5.74) is 5.68. The topological polar surface area (TPSA) is 43.1 Å². The summed E-state index contributed by atoms with van der Waals surface area (Å²) in [6.45, 7) is 0.538. The van der Waals surface area contributed by atoms with Gasteiger partial charge in [-0.3, -0.25) is 4.79 Å². The van der Waals surface area contributed by atoms with Crippen LogP contribution in [-0.2, 0) is 11.2 Å². The molecule has 0 aliphatic heterocycles. The third kappa shape index (κ3) is 2.96. The van der Waals surface area contributed by atoms with Crippen molar-refractivity contribution < 1.29 is 4.79 Å². The lowest BCUT2D eigenvalue weighted by molar-refractivity contribution is -0.130. The van der Waals surface area contributed by atoms with E-state index in [9.17, 15) is 4.79 Å². The maximum absolute atomic E-state index is 12.4. The fourth-order valence-corrected chi connectivity index (χ4v) is 3.49. The summed E-state index contributed by atoms with van der Waals surface area (Å²) in [4.78, 5) is 13.7. The minimum atomic E-state index is -0.185. The van der Waals surface area contributed by atoms with Gasteiger partial charge in [0.2, 0.25) is 0 Å². The lowest BCUT2D eigenvalue weighted by Gasteiger charge is -2.34. The Hall–Kier alpha value is -0.670. The lowest BCUT2D eigenvalue weighted by Crippen LogP contribution is -2.40. The highest BCUT2D eigenvalue weighted by atomic mass is 32.1. The van der Waals surface area contributed by atoms with Crippen LogP contribution in [0, 0.1) is 5.41 Å². The van der Waals surface area contributed by atoms with Crippen molar-refractivity contribution in [3.05, 3.63) is 22.4 Å². The van der Waals surface area contributed by atoms with Crippen LogP contribution in [0.15, 0.2) is 17.5 Å². The van der Waals surface area contributed by atoms with Crippen molar-refractivity contribution in [1.82, 2.24) is 0 Å². The Kier molecular flexibility index (Phi) is 4.35. The van der Waals surface area contributed by atoms with Gasteiger partial charge in [-0.15, -0.1) is 11.3 Å². The van der Waals surface area contributed by atoms with Gasteiger partial charge >= 0.3 is 0 Å². The van der Waals surface area contributed by atoms with Crippen LogP contribution in [0.5, 0.6) is 0 Å². The quantitative estimate of drug-likeness (QED) is 0.873. The first kappa shape index (κ1) is 12.8. The Labute approximate surface area is 107 Å². The number of hydrogen-bond acceptors (Lipinski definition) is 3. The molecule has 0 radical (unpaired) electrons. The number of thiophene rings is 1. The van der Waals surface area contributed by atoms with Crippen LogP contribution in [0.2, 0.25) is 0 Å². The normalized spacial score (nSPS) is 19.1. The molecule has 0 amide bonds. The van der Waals surface area contributed by atoms with Gasteiger partial charge in [0.15, 0.2) is 0 Å². The molecule has 1 fully saturated rings. The van der Waals surface area contributed by atoms with E-state index in [4.69, 9.17) is 5.73 Å². The smallest absolute Gasteiger partial charge is 0.140 e. The third-order valence-electron chi connectivity index (χ3n) is 3.97. The van der Waals surface area contributed by atoms with Gasteiger partial charge in [-0.05, 0) is 30.7 Å². The van der Waals surface area contributed by atoms with Crippen molar-refractivity contribution in [2.45, 2.75) is 44.9 Å². The van der Waals surface area contributed by atoms with Gasteiger partial charge in [0.05, 0.1) is 0 Å². The standard InChI is InChI=1S/C14H21NOS/c15-11-14(8-2-1-3-9-14)13(16)7-6-12-5-4-10-17-12/h4-5,10H,1-3,6-9,11,15H2. The molecule has 1 heterocycles. The molecular weight excluding hydrogens is 230 g/mol. The summed E-state index contributed by atoms with van der Waals surface area (Å²) in [5.74, 6) is 0.396. The molecule has 0 saturated heterocycles. The van der Waals surface area contributed by atoms with Crippen molar-refractivity contribution in [3.8, 4) is 0 Å². The molecule has 17 heavy (non-hydrogen) atoms. The van der Waals surface area contributed by atoms with E-state index < -0.39 is 0 Å². The molecule has 1 aliphatic rings. The van der Waals surface area contributed by atoms with E-state index in [1.807, 2.05) is 6.07 Å². The Bertz CT molecular complexity index is 352. The summed E-state index contributed by atoms with van der Waals surface area (Å²) in [6.07, 6.45) is 7.17. The van der Waals surface area contributed by atoms with Gasteiger partial charge in [-0.2, -0.15) is 0 Å². The van der Waals surface area contributed by atoms with Gasteiger partial charge in [0, 0.05) is 23.3 Å². The van der Waals surface area contributed by atoms with E-state index in [1.54, 1.807) is 11.3 Å². The molecule has 0 spiro atoms. The summed E-state index contributed by atoms with van der Waals surface area (Å²) in [5, 5.41) is 2.07. The predicted octanol–water partition coefficient (Wildman–Crippen LogP) is 3.16. The Balaban J connectivity index is 1.93. The number of ketones is 1. The van der Waals surface area contributed by atoms with Gasteiger partial charge in [0.25, 0.3) is 0 Å². The number of aryl methyl sites for hydroxylation is 1. The fourth-order valence-electron chi connectivity index (χ4n) is 2.78. The second-order valence-electron chi connectivity index (χ2n) is 5.05. The van der Waals surface area contributed by atoms with Crippen LogP contribution in [0.3, 0.4) is 0 Å². The highest BCUT2D eigenvalue weighted by Crippen LogP contribution is 2.37. The van der Waals surface area contributed by atoms with E-state index in [1.165, 1.54) is 24.1 Å². The van der Waals surface area contributed by atoms with Gasteiger partial charge in [-0.25, -0.2) is 0 Å². The molecule has 0 aromatic carbocycles. The number of Topliss-reactive ketones (excluding diaryl/α,β-unsaturated/α-hetero) is 1. The fraction of sp³-hybridized carbons (Fsp3) is 0.643. The van der Waals surface area contributed by atoms with E-state index in [0.717, 1.165) is 19.3 Å². The summed E-state index contributed by atoms with van der Waals surface area (Å²) in [6, 6.07) is 4.15. The van der Waals surface area contributed by atoms with Gasteiger partial charge in [0.1, 0.15) is 5.78 Å². The zero-order chi connectivity index (χ0) is 12.1. The van der Waals surface area contributed by atoms with Crippen molar-refractivity contribution in [1.29, 1.82) is 0 Å². The van der Waals surface area contributed by atoms with Crippen molar-refractivity contribution >= 4 is 17.1 Å². The molecular formula is C14H21NOS. The van der Waals surface area contributed by atoms with Crippen LogP contribution < -0.4 is 5.73 Å². The Morgan fingerprint density at radius 3 is 2.71 bits per heavy atom. The van der Waals surface area contributed by atoms with Gasteiger partial charge < -0.3 is 5.73 Å². The molecule has 1 aliphatic carbocycles. The van der Waals surface area contributed by atoms with E-state index >= 15 is 0 Å². The molecule has 2 N–H and O–H groups in total. The highest BCUT2D eigenvalue weighted by molar-refractivity contribution is 7.09. The zero-order valence-electron chi connectivity index (χ0n) is 10.3. The summed E-state index contributed by atoms with van der Waals surface area (Å²) < 4.78 is 0. The minimum absolute atomic E-state index is 0.185. The largest absolute Gasteiger partial charge is 0.329 e. The molecule has 3 heteroatoms. The first-order valence-electron chi connectivity index (χ1n) is 6.53. The van der Waals surface area contributed by atoms with E-state index in [0.29, 0.717) is 18.7 Å². The molecule has 1 saturated carbocycles. The van der Waals surface area contributed by atoms with E-state index in [2.05, 4.69) is 11.4 Å². The average Bonchev–Trinajstić information content (AvgIpc) is 2.90. The molecule has 1 aromatic rings. The number of nitrogens with two attached hydrogens (primary N) is 1. The molecule has 2 rings (SSSR count). The lowest BCUT2D eigenvalue weighted by atomic mass is 9.70. The van der Waals surface area contributed by atoms with Crippen LogP contribution in [0.4, 0.5) is 0 Å². The van der Waals surface area contributed by atoms with Crippen LogP contribution in [0.25, 0.3) is 0 Å². The average molecular weight is 251 g/mol. The number of hydrogen-bond donors (Lipinski definition) is 1. The number of carbonyl (C=O) groups excluding carboxylic acids is 1. The highest BCUT2D eigenvalue weighted by Gasteiger charge is 2.37.